The molecule has 148 valence electrons. The Hall–Kier alpha value is -2.78. The summed E-state index contributed by atoms with van der Waals surface area (Å²) in [5.41, 5.74) is 5.48. The van der Waals surface area contributed by atoms with E-state index in [1.54, 1.807) is 4.72 Å². The number of anilines is 1. The van der Waals surface area contributed by atoms with Crippen LogP contribution in [0.4, 0.5) is 9.93 Å². The lowest BCUT2D eigenvalue weighted by Crippen LogP contribution is -2.68. The topological polar surface area (TPSA) is 176 Å². The third kappa shape index (κ3) is 4.50. The van der Waals surface area contributed by atoms with Gasteiger partial charge in [0.2, 0.25) is 0 Å². The van der Waals surface area contributed by atoms with Crippen LogP contribution in [0.25, 0.3) is 0 Å². The van der Waals surface area contributed by atoms with E-state index in [9.17, 15) is 22.8 Å². The molecule has 0 radical (unpaired) electrons. The summed E-state index contributed by atoms with van der Waals surface area (Å²) >= 11 is 1.09. The molecule has 0 unspecified atom stereocenters. The second-order valence-corrected chi connectivity index (χ2v) is 8.14. The Balaban J connectivity index is 2.00. The van der Waals surface area contributed by atoms with Crippen molar-refractivity contribution in [1.82, 2.24) is 24.2 Å². The zero-order chi connectivity index (χ0) is 20.4. The van der Waals surface area contributed by atoms with Gasteiger partial charge in [-0.25, -0.2) is 14.5 Å². The summed E-state index contributed by atoms with van der Waals surface area (Å²) in [6, 6.07) is -2.14. The normalized spacial score (nSPS) is 17.5. The molecule has 1 aromatic rings. The Bertz CT molecular complexity index is 894. The number of carbonyl (C=O) groups excluding carboxylic acids is 3. The predicted molar refractivity (Wildman–Crippen MR) is 94.9 cm³/mol. The van der Waals surface area contributed by atoms with Gasteiger partial charge in [0.05, 0.1) is 6.54 Å². The van der Waals surface area contributed by atoms with Crippen molar-refractivity contribution in [3.05, 3.63) is 11.1 Å². The highest BCUT2D eigenvalue weighted by atomic mass is 32.2. The van der Waals surface area contributed by atoms with Crippen molar-refractivity contribution in [3.63, 3.8) is 0 Å². The summed E-state index contributed by atoms with van der Waals surface area (Å²) in [5.74, 6) is -1.54. The van der Waals surface area contributed by atoms with E-state index < -0.39 is 34.1 Å². The monoisotopic (exact) mass is 419 g/mol. The molecule has 1 aliphatic heterocycles. The first-order chi connectivity index (χ1) is 12.6. The van der Waals surface area contributed by atoms with E-state index in [-0.39, 0.29) is 23.1 Å². The summed E-state index contributed by atoms with van der Waals surface area (Å²) in [4.78, 5) is 45.4. The summed E-state index contributed by atoms with van der Waals surface area (Å²) in [6.07, 6.45) is 0. The van der Waals surface area contributed by atoms with Gasteiger partial charge in [0, 0.05) is 19.5 Å². The summed E-state index contributed by atoms with van der Waals surface area (Å²) in [6.45, 7) is -0.210. The van der Waals surface area contributed by atoms with Crippen molar-refractivity contribution in [2.45, 2.75) is 6.04 Å². The van der Waals surface area contributed by atoms with Crippen molar-refractivity contribution < 1.29 is 27.6 Å². The molecule has 0 spiro atoms. The van der Waals surface area contributed by atoms with Crippen LogP contribution in [0.2, 0.25) is 0 Å². The third-order valence-corrected chi connectivity index (χ3v) is 5.41. The number of hydrogen-bond acceptors (Lipinski definition) is 10. The van der Waals surface area contributed by atoms with Crippen LogP contribution >= 0.6 is 11.3 Å². The number of nitrogens with one attached hydrogen (secondary N) is 2. The van der Waals surface area contributed by atoms with Gasteiger partial charge >= 0.3 is 16.2 Å². The first-order valence-corrected chi connectivity index (χ1v) is 9.57. The molecule has 2 heterocycles. The molecule has 0 aromatic carbocycles. The predicted octanol–water partition coefficient (Wildman–Crippen LogP) is -2.08. The molecule has 0 aliphatic carbocycles. The van der Waals surface area contributed by atoms with Crippen molar-refractivity contribution in [2.75, 3.05) is 33.5 Å². The molecule has 1 aromatic heterocycles. The number of nitrogens with zero attached hydrogens (tertiary/aromatic N) is 4. The lowest BCUT2D eigenvalue weighted by Gasteiger charge is -2.36. The van der Waals surface area contributed by atoms with E-state index in [1.807, 2.05) is 0 Å². The number of imide groups is 1. The zero-order valence-electron chi connectivity index (χ0n) is 14.5. The Kier molecular flexibility index (Phi) is 5.97. The van der Waals surface area contributed by atoms with Crippen LogP contribution in [-0.4, -0.2) is 80.0 Å². The molecule has 0 saturated carbocycles. The molecule has 1 saturated heterocycles. The van der Waals surface area contributed by atoms with Crippen molar-refractivity contribution >= 4 is 50.2 Å². The average molecular weight is 419 g/mol. The molecule has 27 heavy (non-hydrogen) atoms. The quantitative estimate of drug-likeness (QED) is 0.267. The van der Waals surface area contributed by atoms with Crippen LogP contribution in [0.3, 0.4) is 0 Å². The number of oxime groups is 1. The van der Waals surface area contributed by atoms with Gasteiger partial charge in [0.25, 0.3) is 11.8 Å². The fourth-order valence-corrected chi connectivity index (χ4v) is 2.95. The second kappa shape index (κ2) is 7.85. The van der Waals surface area contributed by atoms with Crippen LogP contribution in [0.5, 0.6) is 0 Å². The number of aromatic nitrogens is 1. The van der Waals surface area contributed by atoms with Gasteiger partial charge in [-0.15, -0.1) is 11.3 Å². The zero-order valence-corrected chi connectivity index (χ0v) is 16.1. The van der Waals surface area contributed by atoms with Gasteiger partial charge in [-0.05, 0) is 0 Å². The summed E-state index contributed by atoms with van der Waals surface area (Å²) < 4.78 is 25.7. The molecule has 15 heteroatoms. The molecule has 1 atom stereocenters. The van der Waals surface area contributed by atoms with E-state index in [0.29, 0.717) is 4.90 Å². The van der Waals surface area contributed by atoms with Crippen LogP contribution in [0.15, 0.2) is 10.5 Å². The van der Waals surface area contributed by atoms with Gasteiger partial charge in [-0.3, -0.25) is 14.5 Å². The highest BCUT2D eigenvalue weighted by Crippen LogP contribution is 2.14. The number of rotatable bonds is 6. The van der Waals surface area contributed by atoms with Crippen LogP contribution in [-0.2, 0) is 24.6 Å². The number of β-lactam (4-membered cyclic amide) rings is 1. The number of nitrogens with two attached hydrogens (primary N) is 1. The smallest absolute Gasteiger partial charge is 0.338 e. The van der Waals surface area contributed by atoms with E-state index >= 15 is 0 Å². The molecule has 4 N–H and O–H groups in total. The van der Waals surface area contributed by atoms with Gasteiger partial charge in [0.1, 0.15) is 18.8 Å². The molecular weight excluding hydrogens is 402 g/mol. The standard InChI is InChI=1S/C12H17N7O6S2/c1-18(2)27(23,24)17-12(22)19-4-6(10(19)21)14-9(20)8(16-25-3)7-5-26-11(13)15-7/h5-6H,4H2,1-3H3,(H2,13,15)(H,14,20)(H,17,22)/t6-/m0/s1. The first-order valence-electron chi connectivity index (χ1n) is 7.25. The van der Waals surface area contributed by atoms with E-state index in [0.717, 1.165) is 15.6 Å². The number of carbonyl (C=O) groups is 3. The van der Waals surface area contributed by atoms with Crippen molar-refractivity contribution in [3.8, 4) is 0 Å². The van der Waals surface area contributed by atoms with E-state index in [4.69, 9.17) is 5.73 Å². The number of amides is 4. The molecule has 13 nitrogen and oxygen atoms in total. The van der Waals surface area contributed by atoms with Gasteiger partial charge < -0.3 is 15.9 Å². The second-order valence-electron chi connectivity index (χ2n) is 5.36. The SMILES string of the molecule is CON=C(C(=O)N[C@H]1CN(C(=O)NS(=O)(=O)N(C)C)C1=O)c1csc(N)n1. The van der Waals surface area contributed by atoms with E-state index in [1.165, 1.54) is 26.6 Å². The fraction of sp³-hybridized carbons (Fsp3) is 0.417. The van der Waals surface area contributed by atoms with Crippen LogP contribution in [0.1, 0.15) is 5.69 Å². The number of nitrogen functional groups attached to an aromatic ring is 1. The lowest BCUT2D eigenvalue weighted by molar-refractivity contribution is -0.141. The maximum absolute atomic E-state index is 12.3. The highest BCUT2D eigenvalue weighted by Gasteiger charge is 2.43. The van der Waals surface area contributed by atoms with Gasteiger partial charge in [0.15, 0.2) is 10.8 Å². The Morgan fingerprint density at radius 1 is 1.48 bits per heavy atom. The number of thiazole rings is 1. The average Bonchev–Trinajstić information content (AvgIpc) is 3.00. The third-order valence-electron chi connectivity index (χ3n) is 3.34. The molecular formula is C12H17N7O6S2. The Labute approximate surface area is 158 Å². The summed E-state index contributed by atoms with van der Waals surface area (Å²) in [7, 11) is -0.367. The Morgan fingerprint density at radius 2 is 2.15 bits per heavy atom. The maximum Gasteiger partial charge on any atom is 0.338 e. The number of urea groups is 1. The minimum Gasteiger partial charge on any atom is -0.398 e. The molecule has 0 bridgehead atoms. The molecule has 1 aliphatic rings. The highest BCUT2D eigenvalue weighted by molar-refractivity contribution is 7.87. The van der Waals surface area contributed by atoms with E-state index in [2.05, 4.69) is 20.3 Å². The van der Waals surface area contributed by atoms with Crippen molar-refractivity contribution in [1.29, 1.82) is 0 Å². The number of hydrogen-bond donors (Lipinski definition) is 3. The minimum absolute atomic E-state index is 0.162. The molecule has 2 rings (SSSR count). The Morgan fingerprint density at radius 3 is 2.63 bits per heavy atom. The fourth-order valence-electron chi connectivity index (χ4n) is 1.89. The van der Waals surface area contributed by atoms with Crippen molar-refractivity contribution in [2.24, 2.45) is 5.16 Å². The van der Waals surface area contributed by atoms with Crippen LogP contribution < -0.4 is 15.8 Å². The number of likely N-dealkylation sites (tertiary alicyclic amines) is 1. The maximum atomic E-state index is 12.3. The van der Waals surface area contributed by atoms with Crippen LogP contribution in [0, 0.1) is 0 Å². The van der Waals surface area contributed by atoms with Gasteiger partial charge in [-0.2, -0.15) is 12.7 Å². The molecule has 1 fully saturated rings. The largest absolute Gasteiger partial charge is 0.398 e. The lowest BCUT2D eigenvalue weighted by atomic mass is 10.1. The van der Waals surface area contributed by atoms with Gasteiger partial charge in [-0.1, -0.05) is 5.16 Å². The molecule has 4 amide bonds. The summed E-state index contributed by atoms with van der Waals surface area (Å²) in [5, 5.41) is 7.64. The first kappa shape index (κ1) is 20.5. The minimum atomic E-state index is -4.04.